The first-order valence-corrected chi connectivity index (χ1v) is 10.6. The molecule has 0 N–H and O–H groups in total. The Labute approximate surface area is 164 Å². The third kappa shape index (κ3) is 3.40. The maximum atomic E-state index is 13.2. The summed E-state index contributed by atoms with van der Waals surface area (Å²) in [6.45, 7) is 2.05. The number of benzene rings is 1. The molecule has 134 valence electrons. The van der Waals surface area contributed by atoms with Gasteiger partial charge in [-0.1, -0.05) is 35.2 Å². The minimum absolute atomic E-state index is 0.0951. The smallest absolute Gasteiger partial charge is 0.267 e. The van der Waals surface area contributed by atoms with Crippen LogP contribution in [0.25, 0.3) is 10.9 Å². The summed E-state index contributed by atoms with van der Waals surface area (Å²) in [7, 11) is 0. The van der Waals surface area contributed by atoms with Crippen LogP contribution in [-0.2, 0) is 0 Å². The molecular weight excluding hydrogens is 410 g/mol. The van der Waals surface area contributed by atoms with Gasteiger partial charge in [0.2, 0.25) is 0 Å². The Bertz CT molecular complexity index is 1030. The van der Waals surface area contributed by atoms with Gasteiger partial charge in [-0.3, -0.25) is 4.79 Å². The van der Waals surface area contributed by atoms with Crippen LogP contribution in [0.1, 0.15) is 54.3 Å². The molecule has 1 fully saturated rings. The fourth-order valence-corrected chi connectivity index (χ4v) is 4.67. The highest BCUT2D eigenvalue weighted by molar-refractivity contribution is 9.10. The molecule has 0 saturated heterocycles. The second-order valence-electron chi connectivity index (χ2n) is 6.80. The summed E-state index contributed by atoms with van der Waals surface area (Å²) in [6, 6.07) is 7.73. The molecule has 0 spiro atoms. The van der Waals surface area contributed by atoms with Gasteiger partial charge < -0.3 is 0 Å². The second kappa shape index (κ2) is 7.45. The van der Waals surface area contributed by atoms with Crippen molar-refractivity contribution in [1.82, 2.24) is 9.66 Å². The lowest BCUT2D eigenvalue weighted by Crippen LogP contribution is -2.25. The molecule has 0 atom stereocenters. The maximum Gasteiger partial charge on any atom is 0.282 e. The number of aromatic nitrogens is 2. The van der Waals surface area contributed by atoms with Gasteiger partial charge >= 0.3 is 0 Å². The van der Waals surface area contributed by atoms with Gasteiger partial charge in [-0.25, -0.2) is 4.98 Å². The van der Waals surface area contributed by atoms with E-state index in [9.17, 15) is 4.79 Å². The standard InChI is InChI=1S/C20H20BrN3OS/c1-13-9-10-26-18(13)12-22-24-19(14-5-3-2-4-6-14)23-17-8-7-15(21)11-16(17)20(24)25/h7-12,14H,2-6H2,1H3. The van der Waals surface area contributed by atoms with E-state index in [1.54, 1.807) is 17.6 Å². The Hall–Kier alpha value is -1.79. The van der Waals surface area contributed by atoms with Crippen molar-refractivity contribution in [3.63, 3.8) is 0 Å². The third-order valence-electron chi connectivity index (χ3n) is 5.00. The minimum atomic E-state index is -0.0951. The summed E-state index contributed by atoms with van der Waals surface area (Å²) in [4.78, 5) is 19.1. The van der Waals surface area contributed by atoms with Crippen molar-refractivity contribution in [3.05, 3.63) is 60.7 Å². The molecule has 2 heterocycles. The first kappa shape index (κ1) is 17.6. The molecule has 2 aromatic heterocycles. The zero-order chi connectivity index (χ0) is 18.1. The van der Waals surface area contributed by atoms with E-state index in [1.807, 2.05) is 23.6 Å². The predicted octanol–water partition coefficient (Wildman–Crippen LogP) is 5.46. The lowest BCUT2D eigenvalue weighted by atomic mass is 9.88. The van der Waals surface area contributed by atoms with Crippen LogP contribution in [0.3, 0.4) is 0 Å². The molecule has 0 radical (unpaired) electrons. The van der Waals surface area contributed by atoms with Gasteiger partial charge in [0.25, 0.3) is 5.56 Å². The van der Waals surface area contributed by atoms with Gasteiger partial charge in [-0.15, -0.1) is 11.3 Å². The van der Waals surface area contributed by atoms with Crippen LogP contribution in [0, 0.1) is 6.92 Å². The first-order valence-electron chi connectivity index (χ1n) is 8.94. The Morgan fingerprint density at radius 1 is 1.27 bits per heavy atom. The first-order chi connectivity index (χ1) is 12.6. The molecule has 0 unspecified atom stereocenters. The Morgan fingerprint density at radius 3 is 2.81 bits per heavy atom. The minimum Gasteiger partial charge on any atom is -0.267 e. The number of hydrogen-bond donors (Lipinski definition) is 0. The van der Waals surface area contributed by atoms with E-state index in [0.29, 0.717) is 11.3 Å². The fraction of sp³-hybridized carbons (Fsp3) is 0.350. The number of nitrogens with zero attached hydrogens (tertiary/aromatic N) is 3. The molecule has 4 nitrogen and oxygen atoms in total. The van der Waals surface area contributed by atoms with Crippen LogP contribution in [0.15, 0.2) is 44.0 Å². The van der Waals surface area contributed by atoms with Gasteiger partial charge in [0, 0.05) is 10.4 Å². The SMILES string of the molecule is Cc1ccsc1C=Nn1c(C2CCCCC2)nc2ccc(Br)cc2c1=O. The summed E-state index contributed by atoms with van der Waals surface area (Å²) in [5.74, 6) is 1.10. The molecule has 0 bridgehead atoms. The van der Waals surface area contributed by atoms with Gasteiger partial charge in [0.1, 0.15) is 5.82 Å². The number of rotatable bonds is 3. The van der Waals surface area contributed by atoms with E-state index in [1.165, 1.54) is 29.5 Å². The van der Waals surface area contributed by atoms with Crippen LogP contribution in [0.2, 0.25) is 0 Å². The summed E-state index contributed by atoms with van der Waals surface area (Å²) in [5, 5.41) is 7.21. The van der Waals surface area contributed by atoms with E-state index in [4.69, 9.17) is 4.98 Å². The quantitative estimate of drug-likeness (QED) is 0.518. The number of halogens is 1. The lowest BCUT2D eigenvalue weighted by Gasteiger charge is -2.22. The highest BCUT2D eigenvalue weighted by atomic mass is 79.9. The number of thiophene rings is 1. The topological polar surface area (TPSA) is 47.2 Å². The van der Waals surface area contributed by atoms with Crippen molar-refractivity contribution in [2.45, 2.75) is 44.9 Å². The van der Waals surface area contributed by atoms with Crippen molar-refractivity contribution in [3.8, 4) is 0 Å². The fourth-order valence-electron chi connectivity index (χ4n) is 3.53. The van der Waals surface area contributed by atoms with Gasteiger partial charge in [-0.2, -0.15) is 9.78 Å². The summed E-state index contributed by atoms with van der Waals surface area (Å²) < 4.78 is 2.41. The number of aryl methyl sites for hydroxylation is 1. The van der Waals surface area contributed by atoms with Gasteiger partial charge in [0.05, 0.1) is 22.0 Å². The lowest BCUT2D eigenvalue weighted by molar-refractivity contribution is 0.416. The molecule has 0 aliphatic heterocycles. The van der Waals surface area contributed by atoms with E-state index >= 15 is 0 Å². The molecule has 6 heteroatoms. The highest BCUT2D eigenvalue weighted by Crippen LogP contribution is 2.32. The third-order valence-corrected chi connectivity index (χ3v) is 6.44. The maximum absolute atomic E-state index is 13.2. The summed E-state index contributed by atoms with van der Waals surface area (Å²) in [5.41, 5.74) is 1.82. The molecule has 0 amide bonds. The van der Waals surface area contributed by atoms with Crippen LogP contribution in [0.4, 0.5) is 0 Å². The molecule has 1 aliphatic rings. The molecule has 3 aromatic rings. The summed E-state index contributed by atoms with van der Waals surface area (Å²) in [6.07, 6.45) is 7.57. The van der Waals surface area contributed by atoms with Crippen LogP contribution >= 0.6 is 27.3 Å². The van der Waals surface area contributed by atoms with Crippen molar-refractivity contribution in [2.24, 2.45) is 5.10 Å². The Balaban J connectivity index is 1.89. The average Bonchev–Trinajstić information content (AvgIpc) is 3.07. The molecular formula is C20H20BrN3OS. The van der Waals surface area contributed by atoms with E-state index in [0.717, 1.165) is 33.5 Å². The van der Waals surface area contributed by atoms with Crippen molar-refractivity contribution in [2.75, 3.05) is 0 Å². The molecule has 1 aromatic carbocycles. The van der Waals surface area contributed by atoms with E-state index in [2.05, 4.69) is 34.0 Å². The molecule has 1 saturated carbocycles. The van der Waals surface area contributed by atoms with E-state index in [-0.39, 0.29) is 5.56 Å². The highest BCUT2D eigenvalue weighted by Gasteiger charge is 2.22. The van der Waals surface area contributed by atoms with Crippen molar-refractivity contribution < 1.29 is 0 Å². The van der Waals surface area contributed by atoms with Crippen LogP contribution in [0.5, 0.6) is 0 Å². The van der Waals surface area contributed by atoms with Crippen LogP contribution < -0.4 is 5.56 Å². The number of fused-ring (bicyclic) bond motifs is 1. The van der Waals surface area contributed by atoms with E-state index < -0.39 is 0 Å². The normalized spacial score (nSPS) is 15.9. The predicted molar refractivity (Wildman–Crippen MR) is 112 cm³/mol. The Morgan fingerprint density at radius 2 is 2.08 bits per heavy atom. The molecule has 26 heavy (non-hydrogen) atoms. The average molecular weight is 430 g/mol. The number of hydrogen-bond acceptors (Lipinski definition) is 4. The van der Waals surface area contributed by atoms with Crippen molar-refractivity contribution >= 4 is 44.4 Å². The second-order valence-corrected chi connectivity index (χ2v) is 8.66. The largest absolute Gasteiger partial charge is 0.282 e. The van der Waals surface area contributed by atoms with Crippen molar-refractivity contribution in [1.29, 1.82) is 0 Å². The summed E-state index contributed by atoms with van der Waals surface area (Å²) >= 11 is 5.08. The molecule has 4 rings (SSSR count). The molecule has 1 aliphatic carbocycles. The zero-order valence-corrected chi connectivity index (χ0v) is 17.0. The Kier molecular flexibility index (Phi) is 5.05. The monoisotopic (exact) mass is 429 g/mol. The van der Waals surface area contributed by atoms with Gasteiger partial charge in [-0.05, 0) is 55.0 Å². The van der Waals surface area contributed by atoms with Gasteiger partial charge in [0.15, 0.2) is 0 Å². The zero-order valence-electron chi connectivity index (χ0n) is 14.6. The van der Waals surface area contributed by atoms with Crippen LogP contribution in [-0.4, -0.2) is 15.9 Å².